The Balaban J connectivity index is 2.31. The molecule has 0 radical (unpaired) electrons. The van der Waals surface area contributed by atoms with E-state index in [4.69, 9.17) is 0 Å². The Bertz CT molecular complexity index is 663. The Hall–Kier alpha value is -1.41. The SMILES string of the molecule is Cc1nn(C(C)C)c(C)c1S(=O)(=O)NC1CC(=O)N(C)C1. The largest absolute Gasteiger partial charge is 0.344 e. The van der Waals surface area contributed by atoms with Crippen LogP contribution in [0.4, 0.5) is 0 Å². The zero-order valence-electron chi connectivity index (χ0n) is 13.0. The van der Waals surface area contributed by atoms with Crippen LogP contribution in [0.3, 0.4) is 0 Å². The first-order chi connectivity index (χ1) is 9.63. The van der Waals surface area contributed by atoms with Crippen LogP contribution in [0.25, 0.3) is 0 Å². The van der Waals surface area contributed by atoms with E-state index in [1.807, 2.05) is 13.8 Å². The molecule has 1 N–H and O–H groups in total. The highest BCUT2D eigenvalue weighted by molar-refractivity contribution is 7.89. The van der Waals surface area contributed by atoms with Gasteiger partial charge in [0.25, 0.3) is 0 Å². The van der Waals surface area contributed by atoms with E-state index in [1.165, 1.54) is 4.90 Å². The van der Waals surface area contributed by atoms with E-state index < -0.39 is 10.0 Å². The van der Waals surface area contributed by atoms with E-state index in [0.29, 0.717) is 17.9 Å². The Morgan fingerprint density at radius 3 is 2.38 bits per heavy atom. The molecule has 1 aromatic heterocycles. The minimum absolute atomic E-state index is 0.0472. The number of sulfonamides is 1. The molecule has 1 atom stereocenters. The number of rotatable bonds is 4. The van der Waals surface area contributed by atoms with Gasteiger partial charge < -0.3 is 4.90 Å². The van der Waals surface area contributed by atoms with E-state index >= 15 is 0 Å². The molecule has 21 heavy (non-hydrogen) atoms. The zero-order valence-corrected chi connectivity index (χ0v) is 13.9. The normalized spacial score (nSPS) is 19.8. The summed E-state index contributed by atoms with van der Waals surface area (Å²) < 4.78 is 29.5. The standard InChI is InChI=1S/C13H22N4O3S/c1-8(2)17-10(4)13(9(3)14-17)21(19,20)15-11-6-12(18)16(5)7-11/h8,11,15H,6-7H2,1-5H3. The Morgan fingerprint density at radius 1 is 1.33 bits per heavy atom. The fraction of sp³-hybridized carbons (Fsp3) is 0.692. The van der Waals surface area contributed by atoms with E-state index in [0.717, 1.165) is 0 Å². The van der Waals surface area contributed by atoms with Crippen LogP contribution in [0, 0.1) is 13.8 Å². The minimum atomic E-state index is -3.68. The van der Waals surface area contributed by atoms with Crippen molar-refractivity contribution in [1.82, 2.24) is 19.4 Å². The molecule has 2 rings (SSSR count). The summed E-state index contributed by atoms with van der Waals surface area (Å²) in [7, 11) is -2.01. The molecule has 0 aliphatic carbocycles. The molecule has 1 aliphatic rings. The fourth-order valence-corrected chi connectivity index (χ4v) is 4.39. The van der Waals surface area contributed by atoms with Gasteiger partial charge in [0.05, 0.1) is 11.4 Å². The van der Waals surface area contributed by atoms with Crippen LogP contribution in [0.5, 0.6) is 0 Å². The topological polar surface area (TPSA) is 84.3 Å². The molecule has 118 valence electrons. The number of carbonyl (C=O) groups is 1. The van der Waals surface area contributed by atoms with E-state index in [2.05, 4.69) is 9.82 Å². The summed E-state index contributed by atoms with van der Waals surface area (Å²) >= 11 is 0. The molecule has 1 aromatic rings. The van der Waals surface area contributed by atoms with Gasteiger partial charge in [-0.15, -0.1) is 0 Å². The zero-order chi connectivity index (χ0) is 15.9. The van der Waals surface area contributed by atoms with Crippen LogP contribution >= 0.6 is 0 Å². The van der Waals surface area contributed by atoms with Crippen LogP contribution in [-0.2, 0) is 14.8 Å². The van der Waals surface area contributed by atoms with Crippen molar-refractivity contribution in [2.45, 2.75) is 51.1 Å². The molecule has 0 aromatic carbocycles. The number of aromatic nitrogens is 2. The third-order valence-corrected chi connectivity index (χ3v) is 5.45. The molecule has 8 heteroatoms. The van der Waals surface area contributed by atoms with Gasteiger partial charge in [-0.1, -0.05) is 0 Å². The van der Waals surface area contributed by atoms with Crippen molar-refractivity contribution in [1.29, 1.82) is 0 Å². The second-order valence-electron chi connectivity index (χ2n) is 5.83. The average molecular weight is 314 g/mol. The smallest absolute Gasteiger partial charge is 0.244 e. The number of amides is 1. The number of nitrogens with zero attached hydrogens (tertiary/aromatic N) is 3. The van der Waals surface area contributed by atoms with Gasteiger partial charge in [-0.05, 0) is 27.7 Å². The van der Waals surface area contributed by atoms with Gasteiger partial charge in [0, 0.05) is 32.1 Å². The maximum atomic E-state index is 12.6. The third kappa shape index (κ3) is 2.96. The molecule has 1 fully saturated rings. The molecule has 0 saturated carbocycles. The number of hydrogen-bond donors (Lipinski definition) is 1. The van der Waals surface area contributed by atoms with E-state index in [9.17, 15) is 13.2 Å². The highest BCUT2D eigenvalue weighted by Crippen LogP contribution is 2.23. The first-order valence-corrected chi connectivity index (χ1v) is 8.43. The maximum absolute atomic E-state index is 12.6. The number of nitrogens with one attached hydrogen (secondary N) is 1. The van der Waals surface area contributed by atoms with Gasteiger partial charge in [0.2, 0.25) is 15.9 Å². The van der Waals surface area contributed by atoms with E-state index in [-0.39, 0.29) is 29.3 Å². The second kappa shape index (κ2) is 5.42. The summed E-state index contributed by atoms with van der Waals surface area (Å²) in [5.41, 5.74) is 1.10. The number of hydrogen-bond acceptors (Lipinski definition) is 4. The van der Waals surface area contributed by atoms with Crippen molar-refractivity contribution in [2.75, 3.05) is 13.6 Å². The van der Waals surface area contributed by atoms with Crippen molar-refractivity contribution in [3.63, 3.8) is 0 Å². The van der Waals surface area contributed by atoms with Crippen molar-refractivity contribution in [3.8, 4) is 0 Å². The average Bonchev–Trinajstić information content (AvgIpc) is 2.79. The molecule has 1 amide bonds. The van der Waals surface area contributed by atoms with Gasteiger partial charge in [-0.2, -0.15) is 5.10 Å². The fourth-order valence-electron chi connectivity index (χ4n) is 2.76. The molecular formula is C13H22N4O3S. The van der Waals surface area contributed by atoms with Gasteiger partial charge in [-0.3, -0.25) is 9.48 Å². The van der Waals surface area contributed by atoms with Crippen LogP contribution in [-0.4, -0.2) is 48.6 Å². The number of likely N-dealkylation sites (tertiary alicyclic amines) is 1. The molecule has 2 heterocycles. The van der Waals surface area contributed by atoms with Gasteiger partial charge in [0.15, 0.2) is 0 Å². The lowest BCUT2D eigenvalue weighted by atomic mass is 10.3. The van der Waals surface area contributed by atoms with Gasteiger partial charge >= 0.3 is 0 Å². The Morgan fingerprint density at radius 2 is 1.95 bits per heavy atom. The second-order valence-corrected chi connectivity index (χ2v) is 7.49. The van der Waals surface area contributed by atoms with Crippen LogP contribution < -0.4 is 4.72 Å². The minimum Gasteiger partial charge on any atom is -0.344 e. The predicted molar refractivity (Wildman–Crippen MR) is 78.4 cm³/mol. The summed E-state index contributed by atoms with van der Waals surface area (Å²) in [6.45, 7) is 7.74. The summed E-state index contributed by atoms with van der Waals surface area (Å²) in [6.07, 6.45) is 0.201. The number of carbonyl (C=O) groups excluding carboxylic acids is 1. The molecule has 0 bridgehead atoms. The predicted octanol–water partition coefficient (Wildman–Crippen LogP) is 0.590. The van der Waals surface area contributed by atoms with Crippen LogP contribution in [0.15, 0.2) is 4.90 Å². The summed E-state index contributed by atoms with van der Waals surface area (Å²) in [4.78, 5) is 13.3. The molecular weight excluding hydrogens is 292 g/mol. The number of likely N-dealkylation sites (N-methyl/N-ethyl adjacent to an activating group) is 1. The third-order valence-electron chi connectivity index (χ3n) is 3.68. The van der Waals surface area contributed by atoms with Crippen molar-refractivity contribution >= 4 is 15.9 Å². The quantitative estimate of drug-likeness (QED) is 0.881. The van der Waals surface area contributed by atoms with Crippen molar-refractivity contribution < 1.29 is 13.2 Å². The van der Waals surface area contributed by atoms with Crippen LogP contribution in [0.2, 0.25) is 0 Å². The maximum Gasteiger partial charge on any atom is 0.244 e. The summed E-state index contributed by atoms with van der Waals surface area (Å²) in [6, 6.07) is -0.291. The Kier molecular flexibility index (Phi) is 4.12. The summed E-state index contributed by atoms with van der Waals surface area (Å²) in [5, 5.41) is 4.30. The Labute approximate surface area is 125 Å². The highest BCUT2D eigenvalue weighted by Gasteiger charge is 2.33. The monoisotopic (exact) mass is 314 g/mol. The molecule has 1 unspecified atom stereocenters. The summed E-state index contributed by atoms with van der Waals surface area (Å²) in [5.74, 6) is -0.0472. The number of aryl methyl sites for hydroxylation is 1. The molecule has 1 saturated heterocycles. The lowest BCUT2D eigenvalue weighted by molar-refractivity contribution is -0.126. The highest BCUT2D eigenvalue weighted by atomic mass is 32.2. The van der Waals surface area contributed by atoms with Crippen LogP contribution in [0.1, 0.15) is 37.7 Å². The first kappa shape index (κ1) is 16.0. The molecule has 1 aliphatic heterocycles. The van der Waals surface area contributed by atoms with E-state index in [1.54, 1.807) is 25.6 Å². The van der Waals surface area contributed by atoms with Crippen molar-refractivity contribution in [3.05, 3.63) is 11.4 Å². The lowest BCUT2D eigenvalue weighted by Crippen LogP contribution is -2.36. The first-order valence-electron chi connectivity index (χ1n) is 6.95. The van der Waals surface area contributed by atoms with Crippen molar-refractivity contribution in [2.24, 2.45) is 0 Å². The lowest BCUT2D eigenvalue weighted by Gasteiger charge is -2.13. The van der Waals surface area contributed by atoms with Gasteiger partial charge in [0.1, 0.15) is 4.90 Å². The molecule has 7 nitrogen and oxygen atoms in total. The van der Waals surface area contributed by atoms with Gasteiger partial charge in [-0.25, -0.2) is 13.1 Å². The molecule has 0 spiro atoms.